The number of carbonyl (C=O) groups is 2. The fraction of sp³-hybridized carbons (Fsp3) is 0.417. The lowest BCUT2D eigenvalue weighted by Gasteiger charge is -2.32. The molecule has 1 heterocycles. The van der Waals surface area contributed by atoms with Gasteiger partial charge in [-0.1, -0.05) is 12.1 Å². The van der Waals surface area contributed by atoms with Gasteiger partial charge in [0.2, 0.25) is 5.91 Å². The first-order valence-corrected chi connectivity index (χ1v) is 10.6. The first-order valence-electron chi connectivity index (χ1n) is 10.6. The fourth-order valence-corrected chi connectivity index (χ4v) is 3.65. The van der Waals surface area contributed by atoms with E-state index in [4.69, 9.17) is 4.74 Å². The molecule has 0 unspecified atom stereocenters. The number of rotatable bonds is 7. The van der Waals surface area contributed by atoms with Gasteiger partial charge in [0.15, 0.2) is 0 Å². The van der Waals surface area contributed by atoms with Crippen LogP contribution in [-0.4, -0.2) is 42.5 Å². The largest absolute Gasteiger partial charge is 0.493 e. The summed E-state index contributed by atoms with van der Waals surface area (Å²) in [6, 6.07) is 13.7. The number of nitrogens with zero attached hydrogens (tertiary/aromatic N) is 1. The van der Waals surface area contributed by atoms with Gasteiger partial charge in [0.1, 0.15) is 11.6 Å². The molecule has 0 atom stereocenters. The molecule has 0 aromatic heterocycles. The lowest BCUT2D eigenvalue weighted by molar-refractivity contribution is -0.132. The molecular formula is C24H27FN2O3. The Morgan fingerprint density at radius 1 is 0.967 bits per heavy atom. The molecule has 2 aromatic carbocycles. The second-order valence-corrected chi connectivity index (χ2v) is 8.21. The minimum absolute atomic E-state index is 0.0262. The lowest BCUT2D eigenvalue weighted by Crippen LogP contribution is -2.40. The normalized spacial score (nSPS) is 16.9. The molecule has 0 bridgehead atoms. The number of piperidine rings is 1. The van der Waals surface area contributed by atoms with Gasteiger partial charge in [-0.15, -0.1) is 0 Å². The number of hydrogen-bond acceptors (Lipinski definition) is 3. The van der Waals surface area contributed by atoms with E-state index in [1.54, 1.807) is 24.3 Å². The Hall–Kier alpha value is -2.89. The Bertz CT molecular complexity index is 870. The standard InChI is InChI=1S/C24H27FN2O3/c25-20-5-1-17(2-6-20)15-23(28)27-13-11-18(12-14-27)16-30-22-9-3-19(4-10-22)24(29)26-21-7-8-21/h1-6,9-10,18,21H,7-8,11-16H2,(H,26,29). The van der Waals surface area contributed by atoms with Gasteiger partial charge >= 0.3 is 0 Å². The summed E-state index contributed by atoms with van der Waals surface area (Å²) in [7, 11) is 0. The zero-order valence-corrected chi connectivity index (χ0v) is 17.0. The highest BCUT2D eigenvalue weighted by atomic mass is 19.1. The van der Waals surface area contributed by atoms with Gasteiger partial charge in [0, 0.05) is 24.7 Å². The Morgan fingerprint density at radius 3 is 2.27 bits per heavy atom. The summed E-state index contributed by atoms with van der Waals surface area (Å²) in [5.41, 5.74) is 1.49. The molecule has 1 N–H and O–H groups in total. The summed E-state index contributed by atoms with van der Waals surface area (Å²) >= 11 is 0. The Labute approximate surface area is 176 Å². The molecule has 158 valence electrons. The van der Waals surface area contributed by atoms with E-state index in [0.717, 1.165) is 37.0 Å². The van der Waals surface area contributed by atoms with Crippen LogP contribution in [0.25, 0.3) is 0 Å². The van der Waals surface area contributed by atoms with Gasteiger partial charge in [-0.25, -0.2) is 4.39 Å². The van der Waals surface area contributed by atoms with Crippen LogP contribution in [0.4, 0.5) is 4.39 Å². The second kappa shape index (κ2) is 9.28. The molecule has 4 rings (SSSR count). The monoisotopic (exact) mass is 410 g/mol. The summed E-state index contributed by atoms with van der Waals surface area (Å²) in [6.07, 6.45) is 4.25. The molecule has 1 saturated heterocycles. The fourth-order valence-electron chi connectivity index (χ4n) is 3.65. The molecule has 1 aliphatic heterocycles. The van der Waals surface area contributed by atoms with Crippen molar-refractivity contribution < 1.29 is 18.7 Å². The highest BCUT2D eigenvalue weighted by molar-refractivity contribution is 5.94. The summed E-state index contributed by atoms with van der Waals surface area (Å²) in [5, 5.41) is 2.98. The molecule has 0 radical (unpaired) electrons. The molecule has 2 amide bonds. The molecule has 1 aliphatic carbocycles. The smallest absolute Gasteiger partial charge is 0.251 e. The Kier molecular flexibility index (Phi) is 6.31. The van der Waals surface area contributed by atoms with Crippen molar-refractivity contribution in [2.75, 3.05) is 19.7 Å². The topological polar surface area (TPSA) is 58.6 Å². The molecule has 6 heteroatoms. The van der Waals surface area contributed by atoms with Crippen LogP contribution in [0, 0.1) is 11.7 Å². The van der Waals surface area contributed by atoms with Crippen LogP contribution in [-0.2, 0) is 11.2 Å². The SMILES string of the molecule is O=C(NC1CC1)c1ccc(OCC2CCN(C(=O)Cc3ccc(F)cc3)CC2)cc1. The van der Waals surface area contributed by atoms with Crippen molar-refractivity contribution in [2.45, 2.75) is 38.1 Å². The summed E-state index contributed by atoms with van der Waals surface area (Å²) < 4.78 is 18.9. The average Bonchev–Trinajstić information content (AvgIpc) is 3.58. The van der Waals surface area contributed by atoms with Crippen molar-refractivity contribution in [3.63, 3.8) is 0 Å². The number of nitrogens with one attached hydrogen (secondary N) is 1. The van der Waals surface area contributed by atoms with E-state index in [0.29, 0.717) is 43.6 Å². The van der Waals surface area contributed by atoms with Gasteiger partial charge in [-0.3, -0.25) is 9.59 Å². The van der Waals surface area contributed by atoms with Crippen LogP contribution < -0.4 is 10.1 Å². The quantitative estimate of drug-likeness (QED) is 0.759. The van der Waals surface area contributed by atoms with Crippen molar-refractivity contribution in [1.82, 2.24) is 10.2 Å². The maximum absolute atomic E-state index is 13.0. The maximum atomic E-state index is 13.0. The van der Waals surface area contributed by atoms with Crippen LogP contribution >= 0.6 is 0 Å². The third-order valence-electron chi connectivity index (χ3n) is 5.75. The first-order chi connectivity index (χ1) is 14.6. The average molecular weight is 410 g/mol. The first kappa shape index (κ1) is 20.4. The van der Waals surface area contributed by atoms with E-state index in [2.05, 4.69) is 5.32 Å². The zero-order valence-electron chi connectivity index (χ0n) is 17.0. The van der Waals surface area contributed by atoms with Crippen molar-refractivity contribution >= 4 is 11.8 Å². The van der Waals surface area contributed by atoms with Gasteiger partial charge < -0.3 is 15.0 Å². The molecule has 2 aromatic rings. The lowest BCUT2D eigenvalue weighted by atomic mass is 9.97. The highest BCUT2D eigenvalue weighted by Crippen LogP contribution is 2.22. The molecule has 2 aliphatic rings. The third kappa shape index (κ3) is 5.59. The van der Waals surface area contributed by atoms with Crippen molar-refractivity contribution in [3.8, 4) is 5.75 Å². The number of hydrogen-bond donors (Lipinski definition) is 1. The van der Waals surface area contributed by atoms with Crippen molar-refractivity contribution in [2.24, 2.45) is 5.92 Å². The number of ether oxygens (including phenoxy) is 1. The minimum atomic E-state index is -0.289. The van der Waals surface area contributed by atoms with E-state index in [9.17, 15) is 14.0 Å². The summed E-state index contributed by atoms with van der Waals surface area (Å²) in [6.45, 7) is 2.04. The highest BCUT2D eigenvalue weighted by Gasteiger charge is 2.24. The van der Waals surface area contributed by atoms with Crippen LogP contribution in [0.3, 0.4) is 0 Å². The molecule has 2 fully saturated rings. The van der Waals surface area contributed by atoms with E-state index < -0.39 is 0 Å². The molecular weight excluding hydrogens is 383 g/mol. The number of likely N-dealkylation sites (tertiary alicyclic amines) is 1. The van der Waals surface area contributed by atoms with Gasteiger partial charge in [-0.05, 0) is 73.6 Å². The van der Waals surface area contributed by atoms with Crippen LogP contribution in [0.2, 0.25) is 0 Å². The van der Waals surface area contributed by atoms with Crippen LogP contribution in [0.5, 0.6) is 5.75 Å². The van der Waals surface area contributed by atoms with Gasteiger partial charge in [-0.2, -0.15) is 0 Å². The number of benzene rings is 2. The van der Waals surface area contributed by atoms with Gasteiger partial charge in [0.05, 0.1) is 13.0 Å². The molecule has 1 saturated carbocycles. The third-order valence-corrected chi connectivity index (χ3v) is 5.75. The summed E-state index contributed by atoms with van der Waals surface area (Å²) in [4.78, 5) is 26.4. The number of amides is 2. The number of halogens is 1. The predicted molar refractivity (Wildman–Crippen MR) is 112 cm³/mol. The van der Waals surface area contributed by atoms with Crippen molar-refractivity contribution in [1.29, 1.82) is 0 Å². The zero-order chi connectivity index (χ0) is 20.9. The molecule has 0 spiro atoms. The molecule has 30 heavy (non-hydrogen) atoms. The Morgan fingerprint density at radius 2 is 1.63 bits per heavy atom. The van der Waals surface area contributed by atoms with E-state index in [1.807, 2.05) is 17.0 Å². The Balaban J connectivity index is 1.18. The van der Waals surface area contributed by atoms with Crippen molar-refractivity contribution in [3.05, 3.63) is 65.5 Å². The summed E-state index contributed by atoms with van der Waals surface area (Å²) in [5.74, 6) is 0.927. The minimum Gasteiger partial charge on any atom is -0.493 e. The predicted octanol–water partition coefficient (Wildman–Crippen LogP) is 3.58. The van der Waals surface area contributed by atoms with E-state index in [-0.39, 0.29) is 17.6 Å². The maximum Gasteiger partial charge on any atom is 0.251 e. The van der Waals surface area contributed by atoms with Gasteiger partial charge in [0.25, 0.3) is 5.91 Å². The van der Waals surface area contributed by atoms with E-state index >= 15 is 0 Å². The second-order valence-electron chi connectivity index (χ2n) is 8.21. The van der Waals surface area contributed by atoms with Crippen LogP contribution in [0.15, 0.2) is 48.5 Å². The molecule has 5 nitrogen and oxygen atoms in total. The van der Waals surface area contributed by atoms with Crippen LogP contribution in [0.1, 0.15) is 41.6 Å². The van der Waals surface area contributed by atoms with E-state index in [1.165, 1.54) is 12.1 Å². The number of carbonyl (C=O) groups excluding carboxylic acids is 2.